The Balaban J connectivity index is 1.61. The fraction of sp³-hybridized carbons (Fsp3) is 0.731. The molecule has 188 valence electrons. The van der Waals surface area contributed by atoms with Gasteiger partial charge in [0.05, 0.1) is 36.2 Å². The van der Waals surface area contributed by atoms with E-state index in [9.17, 15) is 19.5 Å². The van der Waals surface area contributed by atoms with Gasteiger partial charge in [0.2, 0.25) is 5.91 Å². The van der Waals surface area contributed by atoms with Crippen LogP contribution in [0.15, 0.2) is 0 Å². The molecule has 2 fully saturated rings. The Labute approximate surface area is 205 Å². The van der Waals surface area contributed by atoms with Crippen molar-refractivity contribution in [2.24, 2.45) is 11.8 Å². The molecule has 2 bridgehead atoms. The summed E-state index contributed by atoms with van der Waals surface area (Å²) in [4.78, 5) is 39.4. The standard InChI is InChI=1S/C26H37NO6S/c1-2-32-26(31)20-16-12-10-8-6-4-3-5-7-9-11-13-19(16)34-24(20)27-23(28)21-17-14-15-18(33-17)22(21)25(29)30/h17-18,21-22H,2-15H2,1H3,(H,27,28)(H,29,30)/t17-,18+,21+,22+/m1/s1. The zero-order valence-electron chi connectivity index (χ0n) is 20.1. The van der Waals surface area contributed by atoms with Crippen molar-refractivity contribution in [3.63, 3.8) is 0 Å². The highest BCUT2D eigenvalue weighted by atomic mass is 32.1. The average molecular weight is 492 g/mol. The normalized spacial score (nSPS) is 27.7. The molecule has 1 aliphatic carbocycles. The van der Waals surface area contributed by atoms with E-state index < -0.39 is 29.9 Å². The van der Waals surface area contributed by atoms with Gasteiger partial charge in [0.1, 0.15) is 5.00 Å². The number of hydrogen-bond donors (Lipinski definition) is 2. The summed E-state index contributed by atoms with van der Waals surface area (Å²) < 4.78 is 11.2. The Kier molecular flexibility index (Phi) is 8.64. The minimum Gasteiger partial charge on any atom is -0.481 e. The third-order valence-electron chi connectivity index (χ3n) is 7.50. The van der Waals surface area contributed by atoms with Gasteiger partial charge in [-0.2, -0.15) is 0 Å². The van der Waals surface area contributed by atoms with Crippen LogP contribution in [0.5, 0.6) is 0 Å². The van der Waals surface area contributed by atoms with Gasteiger partial charge in [-0.3, -0.25) is 9.59 Å². The second-order valence-corrected chi connectivity index (χ2v) is 10.9. The highest BCUT2D eigenvalue weighted by Gasteiger charge is 2.55. The number of esters is 1. The highest BCUT2D eigenvalue weighted by molar-refractivity contribution is 7.17. The number of thiophene rings is 1. The molecule has 2 saturated heterocycles. The maximum atomic E-state index is 13.3. The minimum atomic E-state index is -0.994. The zero-order chi connectivity index (χ0) is 24.1. The molecule has 4 atom stereocenters. The number of ether oxygens (including phenoxy) is 2. The monoisotopic (exact) mass is 491 g/mol. The second kappa shape index (κ2) is 11.7. The topological polar surface area (TPSA) is 102 Å². The SMILES string of the molecule is CCOC(=O)c1c(NC(=O)[C@@H]2[C@@H](C(=O)O)[C@@H]3CC[C@H]2O3)sc2c1CCCCCCCCCCC2. The van der Waals surface area contributed by atoms with E-state index in [0.29, 0.717) is 23.4 Å². The second-order valence-electron chi connectivity index (χ2n) is 9.78. The Morgan fingerprint density at radius 1 is 0.941 bits per heavy atom. The summed E-state index contributed by atoms with van der Waals surface area (Å²) in [6, 6.07) is 0. The molecule has 3 heterocycles. The maximum absolute atomic E-state index is 13.3. The van der Waals surface area contributed by atoms with Crippen molar-refractivity contribution in [2.75, 3.05) is 11.9 Å². The molecular formula is C26H37NO6S. The first kappa shape index (κ1) is 25.2. The van der Waals surface area contributed by atoms with Crippen LogP contribution in [0, 0.1) is 11.8 Å². The van der Waals surface area contributed by atoms with Gasteiger partial charge in [0.15, 0.2) is 0 Å². The van der Waals surface area contributed by atoms with Crippen molar-refractivity contribution in [1.82, 2.24) is 0 Å². The van der Waals surface area contributed by atoms with Crippen molar-refractivity contribution in [3.05, 3.63) is 16.0 Å². The van der Waals surface area contributed by atoms with Crippen LogP contribution in [0.2, 0.25) is 0 Å². The predicted molar refractivity (Wildman–Crippen MR) is 130 cm³/mol. The number of amides is 1. The number of carboxylic acids is 1. The lowest BCUT2D eigenvalue weighted by Crippen LogP contribution is -2.41. The molecule has 1 aromatic rings. The van der Waals surface area contributed by atoms with E-state index in [1.54, 1.807) is 6.92 Å². The summed E-state index contributed by atoms with van der Waals surface area (Å²) in [5.74, 6) is -3.34. The minimum absolute atomic E-state index is 0.262. The fourth-order valence-electron chi connectivity index (χ4n) is 5.83. The van der Waals surface area contributed by atoms with Crippen LogP contribution in [-0.4, -0.2) is 41.8 Å². The van der Waals surface area contributed by atoms with Gasteiger partial charge in [0.25, 0.3) is 0 Å². The zero-order valence-corrected chi connectivity index (χ0v) is 20.9. The van der Waals surface area contributed by atoms with Crippen LogP contribution in [-0.2, 0) is 31.9 Å². The number of hydrogen-bond acceptors (Lipinski definition) is 6. The van der Waals surface area contributed by atoms with Crippen molar-refractivity contribution < 1.29 is 29.0 Å². The number of aliphatic carboxylic acids is 1. The summed E-state index contributed by atoms with van der Waals surface area (Å²) in [6.45, 7) is 2.04. The third-order valence-corrected chi connectivity index (χ3v) is 8.71. The van der Waals surface area contributed by atoms with Crippen LogP contribution in [0.3, 0.4) is 0 Å². The molecule has 0 unspecified atom stereocenters. The number of carboxylic acid groups (broad SMARTS) is 1. The van der Waals surface area contributed by atoms with E-state index in [0.717, 1.165) is 49.0 Å². The number of anilines is 1. The molecule has 4 rings (SSSR count). The first-order valence-corrected chi connectivity index (χ1v) is 13.8. The molecule has 0 radical (unpaired) electrons. The number of carbonyl (C=O) groups excluding carboxylic acids is 2. The molecule has 7 nitrogen and oxygen atoms in total. The number of rotatable bonds is 5. The molecule has 1 amide bonds. The van der Waals surface area contributed by atoms with Crippen LogP contribution in [0.1, 0.15) is 98.4 Å². The molecule has 1 aromatic heterocycles. The van der Waals surface area contributed by atoms with Crippen LogP contribution < -0.4 is 5.32 Å². The van der Waals surface area contributed by atoms with Gasteiger partial charge < -0.3 is 19.9 Å². The Morgan fingerprint density at radius 2 is 1.53 bits per heavy atom. The molecule has 0 aromatic carbocycles. The van der Waals surface area contributed by atoms with E-state index in [2.05, 4.69) is 5.32 Å². The van der Waals surface area contributed by atoms with Gasteiger partial charge in [-0.1, -0.05) is 44.9 Å². The van der Waals surface area contributed by atoms with Crippen molar-refractivity contribution >= 4 is 34.2 Å². The molecule has 3 aliphatic rings. The van der Waals surface area contributed by atoms with Crippen molar-refractivity contribution in [3.8, 4) is 0 Å². The van der Waals surface area contributed by atoms with Gasteiger partial charge in [-0.05, 0) is 51.0 Å². The van der Waals surface area contributed by atoms with Crippen LogP contribution >= 0.6 is 11.3 Å². The van der Waals surface area contributed by atoms with E-state index in [4.69, 9.17) is 9.47 Å². The number of nitrogens with one attached hydrogen (secondary N) is 1. The Bertz CT molecular complexity index is 896. The van der Waals surface area contributed by atoms with Gasteiger partial charge in [0, 0.05) is 4.88 Å². The number of carbonyl (C=O) groups is 3. The lowest BCUT2D eigenvalue weighted by Gasteiger charge is -2.23. The number of fused-ring (bicyclic) bond motifs is 3. The highest BCUT2D eigenvalue weighted by Crippen LogP contribution is 2.45. The third kappa shape index (κ3) is 5.48. The lowest BCUT2D eigenvalue weighted by molar-refractivity contribution is -0.147. The van der Waals surface area contributed by atoms with E-state index >= 15 is 0 Å². The van der Waals surface area contributed by atoms with Gasteiger partial charge >= 0.3 is 11.9 Å². The maximum Gasteiger partial charge on any atom is 0.341 e. The summed E-state index contributed by atoms with van der Waals surface area (Å²) in [7, 11) is 0. The van der Waals surface area contributed by atoms with E-state index in [1.165, 1.54) is 43.4 Å². The predicted octanol–water partition coefficient (Wildman–Crippen LogP) is 5.35. The van der Waals surface area contributed by atoms with Crippen molar-refractivity contribution in [1.29, 1.82) is 0 Å². The first-order chi connectivity index (χ1) is 16.5. The average Bonchev–Trinajstić information content (AvgIpc) is 3.50. The molecule has 0 saturated carbocycles. The Hall–Kier alpha value is -1.93. The Morgan fingerprint density at radius 3 is 2.15 bits per heavy atom. The molecule has 0 spiro atoms. The fourth-order valence-corrected chi connectivity index (χ4v) is 7.11. The van der Waals surface area contributed by atoms with Crippen molar-refractivity contribution in [2.45, 2.75) is 103 Å². The van der Waals surface area contributed by atoms with Gasteiger partial charge in [-0.15, -0.1) is 11.3 Å². The van der Waals surface area contributed by atoms with Gasteiger partial charge in [-0.25, -0.2) is 4.79 Å². The summed E-state index contributed by atoms with van der Waals surface area (Å²) in [6.07, 6.45) is 12.9. The van der Waals surface area contributed by atoms with E-state index in [1.807, 2.05) is 0 Å². The summed E-state index contributed by atoms with van der Waals surface area (Å²) >= 11 is 1.47. The van der Waals surface area contributed by atoms with E-state index in [-0.39, 0.29) is 18.6 Å². The largest absolute Gasteiger partial charge is 0.481 e. The van der Waals surface area contributed by atoms with Crippen LogP contribution in [0.25, 0.3) is 0 Å². The molecule has 8 heteroatoms. The molecule has 34 heavy (non-hydrogen) atoms. The quantitative estimate of drug-likeness (QED) is 0.538. The summed E-state index contributed by atoms with van der Waals surface area (Å²) in [5, 5.41) is 13.2. The smallest absolute Gasteiger partial charge is 0.341 e. The lowest BCUT2D eigenvalue weighted by atomic mass is 9.78. The number of aryl methyl sites for hydroxylation is 1. The molecule has 2 aliphatic heterocycles. The summed E-state index contributed by atoms with van der Waals surface area (Å²) in [5.41, 5.74) is 1.48. The molecular weight excluding hydrogens is 454 g/mol. The first-order valence-electron chi connectivity index (χ1n) is 13.0. The molecule has 2 N–H and O–H groups in total. The van der Waals surface area contributed by atoms with Crippen LogP contribution in [0.4, 0.5) is 5.00 Å².